The Balaban J connectivity index is 4.19. The normalized spacial score (nSPS) is 14.1. The third-order valence-corrected chi connectivity index (χ3v) is 2.40. The highest BCUT2D eigenvalue weighted by molar-refractivity contribution is 5.75. The van der Waals surface area contributed by atoms with E-state index in [1.165, 1.54) is 0 Å². The van der Waals surface area contributed by atoms with E-state index < -0.39 is 12.0 Å². The van der Waals surface area contributed by atoms with Crippen molar-refractivity contribution in [2.24, 2.45) is 28.1 Å². The van der Waals surface area contributed by atoms with Crippen LogP contribution < -0.4 is 17.2 Å². The van der Waals surface area contributed by atoms with Crippen LogP contribution in [-0.2, 0) is 4.79 Å². The average molecular weight is 230 g/mol. The first kappa shape index (κ1) is 14.7. The monoisotopic (exact) mass is 230 g/mol. The minimum atomic E-state index is -0.980. The Morgan fingerprint density at radius 3 is 2.50 bits per heavy atom. The number of carboxylic acid groups (broad SMARTS) is 1. The highest BCUT2D eigenvalue weighted by Gasteiger charge is 2.18. The lowest BCUT2D eigenvalue weighted by Crippen LogP contribution is -2.33. The highest BCUT2D eigenvalue weighted by Crippen LogP contribution is 2.15. The van der Waals surface area contributed by atoms with E-state index >= 15 is 0 Å². The lowest BCUT2D eigenvalue weighted by atomic mass is 9.95. The number of hydrogen-bond acceptors (Lipinski definition) is 3. The number of aliphatic imine (C=N–C) groups is 1. The van der Waals surface area contributed by atoms with E-state index in [0.29, 0.717) is 13.0 Å². The zero-order chi connectivity index (χ0) is 12.6. The van der Waals surface area contributed by atoms with Crippen LogP contribution in [0.5, 0.6) is 0 Å². The summed E-state index contributed by atoms with van der Waals surface area (Å²) in [5.74, 6) is -0.815. The van der Waals surface area contributed by atoms with Gasteiger partial charge in [-0.05, 0) is 18.8 Å². The SMILES string of the molecule is CCCCC(CN=C(N)N)C[C@H](N)C(=O)O. The topological polar surface area (TPSA) is 128 Å². The summed E-state index contributed by atoms with van der Waals surface area (Å²) in [4.78, 5) is 14.6. The first-order valence-electron chi connectivity index (χ1n) is 5.51. The molecule has 0 rings (SSSR count). The summed E-state index contributed by atoms with van der Waals surface area (Å²) in [6.45, 7) is 2.53. The number of carbonyl (C=O) groups is 1. The van der Waals surface area contributed by atoms with Crippen molar-refractivity contribution in [1.29, 1.82) is 0 Å². The van der Waals surface area contributed by atoms with Gasteiger partial charge in [0.2, 0.25) is 0 Å². The van der Waals surface area contributed by atoms with Gasteiger partial charge in [0.05, 0.1) is 0 Å². The van der Waals surface area contributed by atoms with Crippen LogP contribution in [-0.4, -0.2) is 29.6 Å². The minimum absolute atomic E-state index is 0.0328. The molecule has 2 atom stereocenters. The molecule has 0 bridgehead atoms. The Bertz CT molecular complexity index is 239. The molecule has 0 aromatic heterocycles. The number of unbranched alkanes of at least 4 members (excludes halogenated alkanes) is 1. The average Bonchev–Trinajstić information content (AvgIpc) is 2.21. The maximum atomic E-state index is 10.6. The Labute approximate surface area is 95.9 Å². The Kier molecular flexibility index (Phi) is 7.28. The molecule has 0 aliphatic carbocycles. The van der Waals surface area contributed by atoms with Crippen molar-refractivity contribution in [2.75, 3.05) is 6.54 Å². The molecule has 0 aromatic rings. The second kappa shape index (κ2) is 7.92. The number of guanidine groups is 1. The molecule has 0 amide bonds. The fourth-order valence-electron chi connectivity index (χ4n) is 1.47. The van der Waals surface area contributed by atoms with Gasteiger partial charge in [-0.3, -0.25) is 9.79 Å². The largest absolute Gasteiger partial charge is 0.480 e. The van der Waals surface area contributed by atoms with E-state index in [4.69, 9.17) is 22.3 Å². The van der Waals surface area contributed by atoms with Crippen LogP contribution in [0.3, 0.4) is 0 Å². The van der Waals surface area contributed by atoms with Gasteiger partial charge < -0.3 is 22.3 Å². The molecule has 0 aliphatic rings. The van der Waals surface area contributed by atoms with Gasteiger partial charge in [-0.15, -0.1) is 0 Å². The number of nitrogens with zero attached hydrogens (tertiary/aromatic N) is 1. The number of aliphatic carboxylic acids is 1. The molecule has 16 heavy (non-hydrogen) atoms. The molecule has 6 nitrogen and oxygen atoms in total. The number of hydrogen-bond donors (Lipinski definition) is 4. The van der Waals surface area contributed by atoms with Crippen LogP contribution in [0, 0.1) is 5.92 Å². The smallest absolute Gasteiger partial charge is 0.320 e. The molecule has 6 heteroatoms. The van der Waals surface area contributed by atoms with Gasteiger partial charge in [0, 0.05) is 6.54 Å². The summed E-state index contributed by atoms with van der Waals surface area (Å²) in [6, 6.07) is -0.837. The fraction of sp³-hybridized carbons (Fsp3) is 0.800. The van der Waals surface area contributed by atoms with Gasteiger partial charge in [0.1, 0.15) is 6.04 Å². The summed E-state index contributed by atoms with van der Waals surface area (Å²) in [7, 11) is 0. The highest BCUT2D eigenvalue weighted by atomic mass is 16.4. The minimum Gasteiger partial charge on any atom is -0.480 e. The van der Waals surface area contributed by atoms with Gasteiger partial charge in [0.15, 0.2) is 5.96 Å². The lowest BCUT2D eigenvalue weighted by Gasteiger charge is -2.16. The Morgan fingerprint density at radius 2 is 2.06 bits per heavy atom. The summed E-state index contributed by atoms with van der Waals surface area (Å²) < 4.78 is 0. The molecule has 0 aliphatic heterocycles. The van der Waals surface area contributed by atoms with Gasteiger partial charge in [0.25, 0.3) is 0 Å². The standard InChI is InChI=1S/C10H22N4O2/c1-2-3-4-7(6-14-10(12)13)5-8(11)9(15)16/h7-8H,2-6,11H2,1H3,(H,15,16)(H4,12,13,14)/t7?,8-/m0/s1. The van der Waals surface area contributed by atoms with E-state index in [-0.39, 0.29) is 11.9 Å². The van der Waals surface area contributed by atoms with E-state index in [0.717, 1.165) is 19.3 Å². The van der Waals surface area contributed by atoms with E-state index in [2.05, 4.69) is 11.9 Å². The molecule has 0 saturated carbocycles. The first-order chi connectivity index (χ1) is 7.47. The van der Waals surface area contributed by atoms with Gasteiger partial charge in [-0.25, -0.2) is 0 Å². The second-order valence-corrected chi connectivity index (χ2v) is 3.95. The summed E-state index contributed by atoms with van der Waals surface area (Å²) in [5.41, 5.74) is 16.0. The quantitative estimate of drug-likeness (QED) is 0.341. The molecule has 0 fully saturated rings. The van der Waals surface area contributed by atoms with Gasteiger partial charge >= 0.3 is 5.97 Å². The summed E-state index contributed by atoms with van der Waals surface area (Å²) in [6.07, 6.45) is 3.39. The molecule has 0 heterocycles. The lowest BCUT2D eigenvalue weighted by molar-refractivity contribution is -0.138. The van der Waals surface area contributed by atoms with Crippen LogP contribution in [0.1, 0.15) is 32.6 Å². The Hall–Kier alpha value is -1.30. The molecule has 7 N–H and O–H groups in total. The molecule has 94 valence electrons. The van der Waals surface area contributed by atoms with Crippen molar-refractivity contribution in [3.63, 3.8) is 0 Å². The van der Waals surface area contributed by atoms with Gasteiger partial charge in [-0.2, -0.15) is 0 Å². The van der Waals surface area contributed by atoms with Crippen molar-refractivity contribution in [3.05, 3.63) is 0 Å². The van der Waals surface area contributed by atoms with E-state index in [1.807, 2.05) is 0 Å². The van der Waals surface area contributed by atoms with E-state index in [1.54, 1.807) is 0 Å². The molecular formula is C10H22N4O2. The molecule has 0 saturated heterocycles. The zero-order valence-electron chi connectivity index (χ0n) is 9.72. The zero-order valence-corrected chi connectivity index (χ0v) is 9.72. The van der Waals surface area contributed by atoms with Crippen LogP contribution in [0.15, 0.2) is 4.99 Å². The first-order valence-corrected chi connectivity index (χ1v) is 5.51. The van der Waals surface area contributed by atoms with Crippen LogP contribution in [0.25, 0.3) is 0 Å². The fourth-order valence-corrected chi connectivity index (χ4v) is 1.47. The van der Waals surface area contributed by atoms with Crippen LogP contribution in [0.4, 0.5) is 0 Å². The van der Waals surface area contributed by atoms with Crippen LogP contribution in [0.2, 0.25) is 0 Å². The number of nitrogens with two attached hydrogens (primary N) is 3. The van der Waals surface area contributed by atoms with Crippen molar-refractivity contribution in [2.45, 2.75) is 38.6 Å². The predicted molar refractivity (Wildman–Crippen MR) is 63.9 cm³/mol. The molecule has 0 spiro atoms. The van der Waals surface area contributed by atoms with Crippen LogP contribution >= 0.6 is 0 Å². The van der Waals surface area contributed by atoms with Crippen molar-refractivity contribution >= 4 is 11.9 Å². The molecular weight excluding hydrogens is 208 g/mol. The molecule has 1 unspecified atom stereocenters. The third kappa shape index (κ3) is 7.05. The summed E-state index contributed by atoms with van der Waals surface area (Å²) in [5, 5.41) is 8.72. The number of carboxylic acids is 1. The maximum Gasteiger partial charge on any atom is 0.320 e. The summed E-state index contributed by atoms with van der Waals surface area (Å²) >= 11 is 0. The van der Waals surface area contributed by atoms with E-state index in [9.17, 15) is 4.79 Å². The molecule has 0 aromatic carbocycles. The Morgan fingerprint density at radius 1 is 1.44 bits per heavy atom. The number of rotatable bonds is 8. The van der Waals surface area contributed by atoms with Crippen molar-refractivity contribution < 1.29 is 9.90 Å². The second-order valence-electron chi connectivity index (χ2n) is 3.95. The third-order valence-electron chi connectivity index (χ3n) is 2.40. The maximum absolute atomic E-state index is 10.6. The van der Waals surface area contributed by atoms with Gasteiger partial charge in [-0.1, -0.05) is 19.8 Å². The molecule has 0 radical (unpaired) electrons. The van der Waals surface area contributed by atoms with Crippen molar-refractivity contribution in [3.8, 4) is 0 Å². The predicted octanol–water partition coefficient (Wildman–Crippen LogP) is -0.132. The van der Waals surface area contributed by atoms with Crippen molar-refractivity contribution in [1.82, 2.24) is 0 Å².